The molecule has 5 N–H and O–H groups in total. The normalized spacial score (nSPS) is 31.1. The zero-order chi connectivity index (χ0) is 13.6. The minimum Gasteiger partial charge on any atom is -0.396 e. The lowest BCUT2D eigenvalue weighted by Gasteiger charge is -2.18. The molecule has 0 radical (unpaired) electrons. The van der Waals surface area contributed by atoms with Crippen molar-refractivity contribution in [2.75, 3.05) is 12.3 Å². The number of nitrogens with two attached hydrogens (primary N) is 1. The van der Waals surface area contributed by atoms with Gasteiger partial charge in [-0.2, -0.15) is 0 Å². The lowest BCUT2D eigenvalue weighted by molar-refractivity contribution is -0.00370. The molecular formula is C11H15N5O3. The van der Waals surface area contributed by atoms with Crippen LogP contribution in [0, 0.1) is 5.92 Å². The molecule has 1 aliphatic rings. The summed E-state index contributed by atoms with van der Waals surface area (Å²) in [4.78, 5) is 12.1. The Kier molecular flexibility index (Phi) is 2.85. The Morgan fingerprint density at radius 2 is 2.05 bits per heavy atom. The van der Waals surface area contributed by atoms with Crippen LogP contribution in [0.3, 0.4) is 0 Å². The van der Waals surface area contributed by atoms with Crippen LogP contribution in [0.15, 0.2) is 12.7 Å². The first-order chi connectivity index (χ1) is 9.13. The van der Waals surface area contributed by atoms with Crippen LogP contribution < -0.4 is 5.73 Å². The Balaban J connectivity index is 2.04. The number of aliphatic hydroxyl groups is 3. The molecule has 1 fully saturated rings. The highest BCUT2D eigenvalue weighted by Gasteiger charge is 2.42. The van der Waals surface area contributed by atoms with Gasteiger partial charge in [0, 0.05) is 12.5 Å². The molecule has 0 spiro atoms. The van der Waals surface area contributed by atoms with E-state index in [1.165, 1.54) is 12.7 Å². The summed E-state index contributed by atoms with van der Waals surface area (Å²) in [5, 5.41) is 29.1. The van der Waals surface area contributed by atoms with Crippen LogP contribution in [0.2, 0.25) is 0 Å². The second-order valence-electron chi connectivity index (χ2n) is 4.81. The van der Waals surface area contributed by atoms with Crippen molar-refractivity contribution in [1.29, 1.82) is 0 Å². The molecule has 0 bridgehead atoms. The maximum absolute atomic E-state index is 10.1. The Morgan fingerprint density at radius 1 is 1.26 bits per heavy atom. The number of aliphatic hydroxyl groups excluding tert-OH is 3. The van der Waals surface area contributed by atoms with Crippen LogP contribution in [-0.2, 0) is 0 Å². The number of nitrogen functional groups attached to an aromatic ring is 1. The van der Waals surface area contributed by atoms with Gasteiger partial charge in [-0.1, -0.05) is 0 Å². The van der Waals surface area contributed by atoms with Gasteiger partial charge in [-0.15, -0.1) is 0 Å². The summed E-state index contributed by atoms with van der Waals surface area (Å²) in [6, 6.07) is -0.383. The van der Waals surface area contributed by atoms with Gasteiger partial charge in [-0.05, 0) is 6.42 Å². The van der Waals surface area contributed by atoms with Gasteiger partial charge in [0.25, 0.3) is 0 Å². The van der Waals surface area contributed by atoms with E-state index in [0.717, 1.165) is 0 Å². The van der Waals surface area contributed by atoms with Crippen molar-refractivity contribution in [3.63, 3.8) is 0 Å². The van der Waals surface area contributed by atoms with Crippen LogP contribution >= 0.6 is 0 Å². The zero-order valence-corrected chi connectivity index (χ0v) is 10.1. The monoisotopic (exact) mass is 265 g/mol. The molecule has 0 saturated heterocycles. The van der Waals surface area contributed by atoms with Crippen molar-refractivity contribution in [3.8, 4) is 0 Å². The predicted molar refractivity (Wildman–Crippen MR) is 66.0 cm³/mol. The molecule has 102 valence electrons. The fourth-order valence-corrected chi connectivity index (χ4v) is 2.67. The second-order valence-corrected chi connectivity index (χ2v) is 4.81. The Bertz CT molecular complexity index is 601. The van der Waals surface area contributed by atoms with E-state index in [0.29, 0.717) is 17.6 Å². The van der Waals surface area contributed by atoms with Crippen LogP contribution in [0.1, 0.15) is 12.5 Å². The molecule has 1 saturated carbocycles. The van der Waals surface area contributed by atoms with E-state index in [4.69, 9.17) is 5.73 Å². The average Bonchev–Trinajstić information content (AvgIpc) is 2.94. The van der Waals surface area contributed by atoms with Crippen molar-refractivity contribution in [3.05, 3.63) is 12.7 Å². The lowest BCUT2D eigenvalue weighted by Crippen LogP contribution is -2.30. The highest BCUT2D eigenvalue weighted by Crippen LogP contribution is 2.36. The number of nitrogens with zero attached hydrogens (tertiary/aromatic N) is 4. The number of hydrogen-bond acceptors (Lipinski definition) is 7. The fourth-order valence-electron chi connectivity index (χ4n) is 2.67. The number of rotatable bonds is 2. The molecule has 2 unspecified atom stereocenters. The van der Waals surface area contributed by atoms with Gasteiger partial charge in [0.15, 0.2) is 11.5 Å². The quantitative estimate of drug-likeness (QED) is 0.530. The molecule has 3 rings (SSSR count). The maximum Gasteiger partial charge on any atom is 0.165 e. The molecule has 8 heteroatoms. The molecule has 8 nitrogen and oxygen atoms in total. The summed E-state index contributed by atoms with van der Waals surface area (Å²) in [5.74, 6) is -0.0767. The molecule has 0 amide bonds. The van der Waals surface area contributed by atoms with Crippen molar-refractivity contribution >= 4 is 17.0 Å². The first kappa shape index (κ1) is 12.3. The highest BCUT2D eigenvalue weighted by molar-refractivity contribution is 5.81. The largest absolute Gasteiger partial charge is 0.396 e. The number of fused-ring (bicyclic) bond motifs is 1. The molecular weight excluding hydrogens is 250 g/mol. The second kappa shape index (κ2) is 4.41. The first-order valence-electron chi connectivity index (χ1n) is 6.03. The number of anilines is 1. The van der Waals surface area contributed by atoms with E-state index in [2.05, 4.69) is 15.0 Å². The Hall–Kier alpha value is -1.77. The van der Waals surface area contributed by atoms with E-state index >= 15 is 0 Å². The summed E-state index contributed by atoms with van der Waals surface area (Å²) >= 11 is 0. The van der Waals surface area contributed by atoms with E-state index in [1.54, 1.807) is 4.57 Å². The molecule has 2 aromatic rings. The van der Waals surface area contributed by atoms with E-state index in [9.17, 15) is 15.3 Å². The fraction of sp³-hybridized carbons (Fsp3) is 0.545. The summed E-state index contributed by atoms with van der Waals surface area (Å²) in [6.45, 7) is -0.168. The van der Waals surface area contributed by atoms with Gasteiger partial charge in [-0.25, -0.2) is 15.0 Å². The molecule has 19 heavy (non-hydrogen) atoms. The molecule has 1 aliphatic carbocycles. The van der Waals surface area contributed by atoms with Crippen molar-refractivity contribution in [2.24, 2.45) is 5.92 Å². The third-order valence-electron chi connectivity index (χ3n) is 3.75. The predicted octanol–water partition coefficient (Wildman–Crippen LogP) is -1.32. The Labute approximate surface area is 108 Å². The van der Waals surface area contributed by atoms with Crippen LogP contribution in [0.4, 0.5) is 5.82 Å². The van der Waals surface area contributed by atoms with Gasteiger partial charge in [-0.3, -0.25) is 0 Å². The number of imidazole rings is 1. The molecule has 2 aromatic heterocycles. The maximum atomic E-state index is 10.1. The smallest absolute Gasteiger partial charge is 0.165 e. The average molecular weight is 265 g/mol. The summed E-state index contributed by atoms with van der Waals surface area (Å²) < 4.78 is 1.68. The first-order valence-corrected chi connectivity index (χ1v) is 6.03. The van der Waals surface area contributed by atoms with Crippen LogP contribution in [-0.4, -0.2) is 53.7 Å². The standard InChI is InChI=1S/C11H15N5O3/c12-10-7-11(14-3-13-10)16(4-15-7)6-1-5(2-17)8(18)9(6)19/h3-6,8-9,17-19H,1-2H2,(H2,12,13,14)/t5-,6-,8?,9?/m1/s1. The number of aromatic nitrogens is 4. The van der Waals surface area contributed by atoms with Gasteiger partial charge in [0.05, 0.1) is 18.5 Å². The van der Waals surface area contributed by atoms with Gasteiger partial charge < -0.3 is 25.6 Å². The molecule has 0 aromatic carbocycles. The third kappa shape index (κ3) is 1.76. The molecule has 4 atom stereocenters. The topological polar surface area (TPSA) is 130 Å². The summed E-state index contributed by atoms with van der Waals surface area (Å²) in [7, 11) is 0. The SMILES string of the molecule is Nc1ncnc2c1ncn2[C@@H]1C[C@H](CO)C(O)C1O. The highest BCUT2D eigenvalue weighted by atomic mass is 16.3. The minimum atomic E-state index is -0.967. The zero-order valence-electron chi connectivity index (χ0n) is 10.1. The van der Waals surface area contributed by atoms with Crippen LogP contribution in [0.5, 0.6) is 0 Å². The Morgan fingerprint density at radius 3 is 2.74 bits per heavy atom. The lowest BCUT2D eigenvalue weighted by atomic mass is 10.1. The molecule has 0 aliphatic heterocycles. The van der Waals surface area contributed by atoms with Crippen LogP contribution in [0.25, 0.3) is 11.2 Å². The number of hydrogen-bond donors (Lipinski definition) is 4. The minimum absolute atomic E-state index is 0.168. The van der Waals surface area contributed by atoms with Gasteiger partial charge in [0.1, 0.15) is 17.9 Å². The van der Waals surface area contributed by atoms with Crippen molar-refractivity contribution in [1.82, 2.24) is 19.5 Å². The molecule has 2 heterocycles. The summed E-state index contributed by atoms with van der Waals surface area (Å²) in [5.41, 5.74) is 6.69. The van der Waals surface area contributed by atoms with E-state index in [-0.39, 0.29) is 24.4 Å². The van der Waals surface area contributed by atoms with E-state index in [1.807, 2.05) is 0 Å². The van der Waals surface area contributed by atoms with Gasteiger partial charge >= 0.3 is 0 Å². The van der Waals surface area contributed by atoms with E-state index < -0.39 is 12.2 Å². The third-order valence-corrected chi connectivity index (χ3v) is 3.75. The van der Waals surface area contributed by atoms with Gasteiger partial charge in [0.2, 0.25) is 0 Å². The van der Waals surface area contributed by atoms with Crippen molar-refractivity contribution < 1.29 is 15.3 Å². The van der Waals surface area contributed by atoms with Crippen molar-refractivity contribution in [2.45, 2.75) is 24.7 Å². The summed E-state index contributed by atoms with van der Waals surface area (Å²) in [6.07, 6.45) is 1.39.